The number of likely N-dealkylation sites (N-methyl/N-ethyl adjacent to an activating group) is 1. The molecule has 2 rings (SSSR count). The third-order valence-corrected chi connectivity index (χ3v) is 3.84. The van der Waals surface area contributed by atoms with Crippen LogP contribution >= 0.6 is 11.6 Å². The summed E-state index contributed by atoms with van der Waals surface area (Å²) in [6.07, 6.45) is 0. The van der Waals surface area contributed by atoms with Crippen molar-refractivity contribution < 1.29 is 14.4 Å². The van der Waals surface area contributed by atoms with Crippen LogP contribution in [0.15, 0.2) is 42.5 Å². The number of aryl methyl sites for hydroxylation is 1. The molecule has 0 heterocycles. The number of hydrogen-bond donors (Lipinski definition) is 2. The van der Waals surface area contributed by atoms with Crippen molar-refractivity contribution in [3.05, 3.63) is 58.6 Å². The average Bonchev–Trinajstić information content (AvgIpc) is 2.50. The van der Waals surface area contributed by atoms with Crippen molar-refractivity contribution in [2.45, 2.75) is 13.5 Å². The van der Waals surface area contributed by atoms with Gasteiger partial charge in [0.2, 0.25) is 0 Å². The molecule has 2 aromatic carbocycles. The summed E-state index contributed by atoms with van der Waals surface area (Å²) < 4.78 is 5.14. The lowest BCUT2D eigenvalue weighted by Gasteiger charge is -2.14. The Labute approximate surface area is 142 Å². The number of amides is 1. The molecule has 0 saturated carbocycles. The maximum atomic E-state index is 12.1. The lowest BCUT2D eigenvalue weighted by Crippen LogP contribution is -3.08. The topological polar surface area (TPSA) is 42.8 Å². The van der Waals surface area contributed by atoms with Gasteiger partial charge in [-0.05, 0) is 48.9 Å². The van der Waals surface area contributed by atoms with Crippen LogP contribution in [0.4, 0.5) is 5.69 Å². The van der Waals surface area contributed by atoms with E-state index in [4.69, 9.17) is 16.3 Å². The van der Waals surface area contributed by atoms with Gasteiger partial charge < -0.3 is 15.0 Å². The van der Waals surface area contributed by atoms with Crippen LogP contribution in [0.2, 0.25) is 5.02 Å². The maximum Gasteiger partial charge on any atom is 0.279 e. The Morgan fingerprint density at radius 3 is 2.52 bits per heavy atom. The second kappa shape index (κ2) is 7.99. The fraction of sp³-hybridized carbons (Fsp3) is 0.278. The van der Waals surface area contributed by atoms with Crippen LogP contribution in [0.25, 0.3) is 0 Å². The Hall–Kier alpha value is -2.04. The van der Waals surface area contributed by atoms with Crippen LogP contribution < -0.4 is 15.0 Å². The quantitative estimate of drug-likeness (QED) is 0.852. The first-order valence-corrected chi connectivity index (χ1v) is 7.86. The SMILES string of the molecule is COc1ccc(C[NH+](C)CC(=O)Nc2ccc(C)cc2Cl)cc1. The van der Waals surface area contributed by atoms with E-state index in [9.17, 15) is 4.79 Å². The van der Waals surface area contributed by atoms with Crippen LogP contribution in [0.3, 0.4) is 0 Å². The second-order valence-corrected chi connectivity index (χ2v) is 6.10. The Kier molecular flexibility index (Phi) is 6.02. The predicted octanol–water partition coefficient (Wildman–Crippen LogP) is 2.31. The molecule has 0 radical (unpaired) electrons. The van der Waals surface area contributed by atoms with Gasteiger partial charge in [-0.3, -0.25) is 4.79 Å². The Morgan fingerprint density at radius 1 is 1.22 bits per heavy atom. The highest BCUT2D eigenvalue weighted by atomic mass is 35.5. The highest BCUT2D eigenvalue weighted by Gasteiger charge is 2.12. The van der Waals surface area contributed by atoms with E-state index in [1.54, 1.807) is 7.11 Å². The second-order valence-electron chi connectivity index (χ2n) is 5.69. The van der Waals surface area contributed by atoms with Crippen LogP contribution in [-0.4, -0.2) is 26.6 Å². The van der Waals surface area contributed by atoms with Crippen LogP contribution in [0, 0.1) is 6.92 Å². The van der Waals surface area contributed by atoms with E-state index in [0.29, 0.717) is 17.3 Å². The van der Waals surface area contributed by atoms with Gasteiger partial charge in [-0.1, -0.05) is 17.7 Å². The van der Waals surface area contributed by atoms with E-state index < -0.39 is 0 Å². The molecular weight excluding hydrogens is 312 g/mol. The molecule has 0 aliphatic carbocycles. The van der Waals surface area contributed by atoms with Crippen molar-refractivity contribution in [1.29, 1.82) is 0 Å². The number of carbonyl (C=O) groups is 1. The highest BCUT2D eigenvalue weighted by molar-refractivity contribution is 6.33. The molecule has 1 atom stereocenters. The lowest BCUT2D eigenvalue weighted by molar-refractivity contribution is -0.885. The summed E-state index contributed by atoms with van der Waals surface area (Å²) in [7, 11) is 3.63. The van der Waals surface area contributed by atoms with Gasteiger partial charge in [0.05, 0.1) is 24.9 Å². The molecule has 4 nitrogen and oxygen atoms in total. The summed E-state index contributed by atoms with van der Waals surface area (Å²) in [4.78, 5) is 13.2. The molecule has 122 valence electrons. The van der Waals surface area contributed by atoms with Gasteiger partial charge in [-0.15, -0.1) is 0 Å². The number of anilines is 1. The number of ether oxygens (including phenoxy) is 1. The maximum absolute atomic E-state index is 12.1. The predicted molar refractivity (Wildman–Crippen MR) is 93.3 cm³/mol. The molecule has 0 aliphatic heterocycles. The van der Waals surface area contributed by atoms with Crippen LogP contribution in [0.1, 0.15) is 11.1 Å². The first-order chi connectivity index (χ1) is 11.0. The van der Waals surface area contributed by atoms with Gasteiger partial charge in [-0.25, -0.2) is 0 Å². The van der Waals surface area contributed by atoms with Crippen molar-refractivity contribution in [3.8, 4) is 5.75 Å². The number of halogens is 1. The van der Waals surface area contributed by atoms with Gasteiger partial charge in [-0.2, -0.15) is 0 Å². The minimum atomic E-state index is -0.0539. The molecule has 1 amide bonds. The number of rotatable bonds is 6. The van der Waals surface area contributed by atoms with Gasteiger partial charge in [0.25, 0.3) is 5.91 Å². The van der Waals surface area contributed by atoms with Gasteiger partial charge in [0.1, 0.15) is 12.3 Å². The van der Waals surface area contributed by atoms with E-state index >= 15 is 0 Å². The van der Waals surface area contributed by atoms with E-state index in [0.717, 1.165) is 28.3 Å². The highest BCUT2D eigenvalue weighted by Crippen LogP contribution is 2.22. The molecule has 0 aliphatic rings. The minimum Gasteiger partial charge on any atom is -0.497 e. The zero-order valence-corrected chi connectivity index (χ0v) is 14.4. The van der Waals surface area contributed by atoms with Crippen molar-refractivity contribution in [3.63, 3.8) is 0 Å². The molecule has 2 aromatic rings. The molecular formula is C18H22ClN2O2+. The molecule has 1 unspecified atom stereocenters. The molecule has 0 bridgehead atoms. The fourth-order valence-electron chi connectivity index (χ4n) is 2.34. The largest absolute Gasteiger partial charge is 0.497 e. The first-order valence-electron chi connectivity index (χ1n) is 7.48. The number of nitrogens with one attached hydrogen (secondary N) is 2. The number of quaternary nitrogens is 1. The molecule has 0 aromatic heterocycles. The molecule has 0 spiro atoms. The summed E-state index contributed by atoms with van der Waals surface area (Å²) in [5.41, 5.74) is 2.87. The summed E-state index contributed by atoms with van der Waals surface area (Å²) >= 11 is 6.14. The first kappa shape index (κ1) is 17.3. The number of hydrogen-bond acceptors (Lipinski definition) is 2. The molecule has 2 N–H and O–H groups in total. The Bertz CT molecular complexity index is 671. The van der Waals surface area contributed by atoms with Crippen molar-refractivity contribution >= 4 is 23.2 Å². The summed E-state index contributed by atoms with van der Waals surface area (Å²) in [6, 6.07) is 13.5. The van der Waals surface area contributed by atoms with Crippen molar-refractivity contribution in [1.82, 2.24) is 0 Å². The average molecular weight is 334 g/mol. The molecule has 0 fully saturated rings. The summed E-state index contributed by atoms with van der Waals surface area (Å²) in [5, 5.41) is 3.42. The molecule has 23 heavy (non-hydrogen) atoms. The number of methoxy groups -OCH3 is 1. The summed E-state index contributed by atoms with van der Waals surface area (Å²) in [6.45, 7) is 3.10. The van der Waals surface area contributed by atoms with Crippen molar-refractivity contribution in [2.24, 2.45) is 0 Å². The van der Waals surface area contributed by atoms with Crippen LogP contribution in [-0.2, 0) is 11.3 Å². The smallest absolute Gasteiger partial charge is 0.279 e. The molecule has 5 heteroatoms. The lowest BCUT2D eigenvalue weighted by atomic mass is 10.2. The number of benzene rings is 2. The number of carbonyl (C=O) groups excluding carboxylic acids is 1. The van der Waals surface area contributed by atoms with Crippen LogP contribution in [0.5, 0.6) is 5.75 Å². The van der Waals surface area contributed by atoms with E-state index in [1.165, 1.54) is 0 Å². The van der Waals surface area contributed by atoms with E-state index in [1.807, 2.05) is 56.4 Å². The van der Waals surface area contributed by atoms with E-state index in [2.05, 4.69) is 5.32 Å². The zero-order chi connectivity index (χ0) is 16.8. The Balaban J connectivity index is 1.88. The van der Waals surface area contributed by atoms with Gasteiger partial charge in [0, 0.05) is 5.56 Å². The van der Waals surface area contributed by atoms with Gasteiger partial charge in [0.15, 0.2) is 6.54 Å². The monoisotopic (exact) mass is 333 g/mol. The van der Waals surface area contributed by atoms with Gasteiger partial charge >= 0.3 is 0 Å². The van der Waals surface area contributed by atoms with Crippen molar-refractivity contribution in [2.75, 3.05) is 26.0 Å². The molecule has 0 saturated heterocycles. The Morgan fingerprint density at radius 2 is 1.91 bits per heavy atom. The minimum absolute atomic E-state index is 0.0539. The third kappa shape index (κ3) is 5.27. The zero-order valence-electron chi connectivity index (χ0n) is 13.7. The third-order valence-electron chi connectivity index (χ3n) is 3.53. The standard InChI is InChI=1S/C18H21ClN2O2/c1-13-4-9-17(16(19)10-13)20-18(22)12-21(2)11-14-5-7-15(23-3)8-6-14/h4-10H,11-12H2,1-3H3,(H,20,22)/p+1. The van der Waals surface area contributed by atoms with E-state index in [-0.39, 0.29) is 5.91 Å². The fourth-order valence-corrected chi connectivity index (χ4v) is 2.63. The normalized spacial score (nSPS) is 11.8. The summed E-state index contributed by atoms with van der Waals surface area (Å²) in [5.74, 6) is 0.778.